The van der Waals surface area contributed by atoms with E-state index in [4.69, 9.17) is 13.6 Å². The topological polar surface area (TPSA) is 95.4 Å². The molecular formula is C20H15N2O5P. The van der Waals surface area contributed by atoms with Crippen molar-refractivity contribution in [1.82, 2.24) is 10.2 Å². The lowest BCUT2D eigenvalue weighted by molar-refractivity contribution is 0.0528. The van der Waals surface area contributed by atoms with E-state index in [1.807, 2.05) is 18.2 Å². The number of carbonyl (C=O) groups is 1. The van der Waals surface area contributed by atoms with Crippen LogP contribution < -0.4 is 10.9 Å². The number of aromatic nitrogens is 2. The Labute approximate surface area is 161 Å². The van der Waals surface area contributed by atoms with Gasteiger partial charge in [-0.05, 0) is 36.5 Å². The molecule has 7 nitrogen and oxygen atoms in total. The number of rotatable bonds is 4. The molecule has 0 radical (unpaired) electrons. The van der Waals surface area contributed by atoms with E-state index in [-0.39, 0.29) is 35.1 Å². The Balaban J connectivity index is 1.96. The van der Waals surface area contributed by atoms with Crippen molar-refractivity contribution in [1.29, 1.82) is 0 Å². The molecule has 1 atom stereocenters. The summed E-state index contributed by atoms with van der Waals surface area (Å²) in [7, 11) is 2.51. The lowest BCUT2D eigenvalue weighted by Crippen LogP contribution is -2.15. The normalized spacial score (nSPS) is 10.9. The summed E-state index contributed by atoms with van der Waals surface area (Å²) >= 11 is 0. The zero-order valence-corrected chi connectivity index (χ0v) is 16.0. The average molecular weight is 394 g/mol. The monoisotopic (exact) mass is 394 g/mol. The van der Waals surface area contributed by atoms with Gasteiger partial charge in [0.05, 0.1) is 12.2 Å². The van der Waals surface area contributed by atoms with Crippen LogP contribution >= 0.6 is 9.24 Å². The van der Waals surface area contributed by atoms with Gasteiger partial charge in [0, 0.05) is 10.9 Å². The lowest BCUT2D eigenvalue weighted by atomic mass is 10.0. The van der Waals surface area contributed by atoms with Crippen LogP contribution in [0.25, 0.3) is 33.9 Å². The average Bonchev–Trinajstić information content (AvgIpc) is 3.17. The van der Waals surface area contributed by atoms with Crippen LogP contribution in [0.4, 0.5) is 0 Å². The molecule has 0 spiro atoms. The first-order valence-corrected chi connectivity index (χ1v) is 9.09. The predicted octanol–water partition coefficient (Wildman–Crippen LogP) is 3.19. The predicted molar refractivity (Wildman–Crippen MR) is 107 cm³/mol. The zero-order chi connectivity index (χ0) is 19.7. The molecule has 4 rings (SSSR count). The molecule has 2 aromatic carbocycles. The highest BCUT2D eigenvalue weighted by atomic mass is 31.0. The second-order valence-electron chi connectivity index (χ2n) is 5.89. The minimum absolute atomic E-state index is 0.0429. The van der Waals surface area contributed by atoms with E-state index >= 15 is 0 Å². The zero-order valence-electron chi connectivity index (χ0n) is 14.8. The standard InChI is InChI=1S/C20H15N2O5P/c1-2-25-19(23)15-13-9-8-12(28)10-14(13)26-20(24)16(15)18-22-21-17(27-18)11-6-4-3-5-7-11/h3-10H,2,28H2,1H3. The number of fused-ring (bicyclic) bond motifs is 1. The van der Waals surface area contributed by atoms with Gasteiger partial charge in [-0.25, -0.2) is 9.59 Å². The molecule has 140 valence electrons. The molecule has 0 aliphatic carbocycles. The first kappa shape index (κ1) is 18.1. The highest BCUT2D eigenvalue weighted by molar-refractivity contribution is 7.27. The first-order valence-electron chi connectivity index (χ1n) is 8.51. The molecule has 0 fully saturated rings. The summed E-state index contributed by atoms with van der Waals surface area (Å²) in [4.78, 5) is 25.4. The highest BCUT2D eigenvalue weighted by Crippen LogP contribution is 2.29. The highest BCUT2D eigenvalue weighted by Gasteiger charge is 2.27. The SMILES string of the molecule is CCOC(=O)c1c(-c2nnc(-c3ccccc3)o2)c(=O)oc2cc(P)ccc12. The second kappa shape index (κ2) is 7.37. The minimum atomic E-state index is -0.755. The molecule has 0 aliphatic heterocycles. The van der Waals surface area contributed by atoms with Gasteiger partial charge in [-0.1, -0.05) is 24.3 Å². The third-order valence-electron chi connectivity index (χ3n) is 4.07. The molecule has 4 aromatic rings. The second-order valence-corrected chi connectivity index (χ2v) is 6.56. The van der Waals surface area contributed by atoms with Crippen LogP contribution in [0.1, 0.15) is 17.3 Å². The van der Waals surface area contributed by atoms with E-state index in [1.54, 1.807) is 37.3 Å². The molecule has 0 amide bonds. The Morgan fingerprint density at radius 1 is 1.07 bits per heavy atom. The Hall–Kier alpha value is -3.31. The molecule has 2 heterocycles. The van der Waals surface area contributed by atoms with E-state index in [1.165, 1.54) is 0 Å². The number of esters is 1. The molecule has 0 bridgehead atoms. The molecule has 0 aliphatic rings. The van der Waals surface area contributed by atoms with Gasteiger partial charge in [-0.3, -0.25) is 0 Å². The summed E-state index contributed by atoms with van der Waals surface area (Å²) in [5, 5.41) is 9.19. The van der Waals surface area contributed by atoms with Gasteiger partial charge >= 0.3 is 11.6 Å². The summed E-state index contributed by atoms with van der Waals surface area (Å²) < 4.78 is 16.3. The van der Waals surface area contributed by atoms with Crippen LogP contribution in [0.2, 0.25) is 0 Å². The first-order chi connectivity index (χ1) is 13.6. The quantitative estimate of drug-likeness (QED) is 0.298. The molecule has 0 saturated heterocycles. The van der Waals surface area contributed by atoms with Gasteiger partial charge in [0.1, 0.15) is 11.1 Å². The van der Waals surface area contributed by atoms with Crippen LogP contribution in [0.3, 0.4) is 0 Å². The Morgan fingerprint density at radius 3 is 2.57 bits per heavy atom. The fourth-order valence-corrected chi connectivity index (χ4v) is 3.10. The third-order valence-corrected chi connectivity index (χ3v) is 4.43. The maximum Gasteiger partial charge on any atom is 0.350 e. The van der Waals surface area contributed by atoms with Crippen molar-refractivity contribution >= 4 is 31.5 Å². The van der Waals surface area contributed by atoms with Crippen molar-refractivity contribution in [2.24, 2.45) is 0 Å². The Kier molecular flexibility index (Phi) is 4.75. The lowest BCUT2D eigenvalue weighted by Gasteiger charge is -2.09. The number of ether oxygens (including phenoxy) is 1. The van der Waals surface area contributed by atoms with Crippen LogP contribution in [0.5, 0.6) is 0 Å². The van der Waals surface area contributed by atoms with Crippen LogP contribution in [0, 0.1) is 0 Å². The molecule has 28 heavy (non-hydrogen) atoms. The fourth-order valence-electron chi connectivity index (χ4n) is 2.85. The maximum atomic E-state index is 12.7. The number of hydrogen-bond acceptors (Lipinski definition) is 7. The fraction of sp³-hybridized carbons (Fsp3) is 0.100. The molecular weight excluding hydrogens is 379 g/mol. The van der Waals surface area contributed by atoms with Crippen molar-refractivity contribution in [2.75, 3.05) is 6.61 Å². The summed E-state index contributed by atoms with van der Waals surface area (Å²) in [6.45, 7) is 1.84. The van der Waals surface area contributed by atoms with E-state index in [0.29, 0.717) is 10.9 Å². The van der Waals surface area contributed by atoms with Gasteiger partial charge < -0.3 is 13.6 Å². The van der Waals surface area contributed by atoms with Crippen molar-refractivity contribution < 1.29 is 18.4 Å². The van der Waals surface area contributed by atoms with Gasteiger partial charge in [0.15, 0.2) is 0 Å². The van der Waals surface area contributed by atoms with E-state index in [0.717, 1.165) is 5.30 Å². The summed E-state index contributed by atoms with van der Waals surface area (Å²) in [6, 6.07) is 14.2. The third kappa shape index (κ3) is 3.21. The Morgan fingerprint density at radius 2 is 1.82 bits per heavy atom. The van der Waals surface area contributed by atoms with Crippen LogP contribution in [-0.2, 0) is 4.74 Å². The summed E-state index contributed by atoms with van der Waals surface area (Å²) in [5.41, 5.74) is 0.136. The van der Waals surface area contributed by atoms with E-state index in [2.05, 4.69) is 19.4 Å². The summed E-state index contributed by atoms with van der Waals surface area (Å²) in [5.74, 6) is -0.538. The summed E-state index contributed by atoms with van der Waals surface area (Å²) in [6.07, 6.45) is 0. The van der Waals surface area contributed by atoms with Gasteiger partial charge in [0.2, 0.25) is 5.89 Å². The molecule has 2 aromatic heterocycles. The smallest absolute Gasteiger partial charge is 0.350 e. The molecule has 0 saturated carbocycles. The number of nitrogens with zero attached hydrogens (tertiary/aromatic N) is 2. The van der Waals surface area contributed by atoms with Crippen LogP contribution in [0.15, 0.2) is 62.2 Å². The number of hydrogen-bond donors (Lipinski definition) is 0. The van der Waals surface area contributed by atoms with Crippen LogP contribution in [-0.4, -0.2) is 22.8 Å². The molecule has 0 N–H and O–H groups in total. The van der Waals surface area contributed by atoms with E-state index in [9.17, 15) is 9.59 Å². The number of benzene rings is 2. The minimum Gasteiger partial charge on any atom is -0.462 e. The van der Waals surface area contributed by atoms with Crippen molar-refractivity contribution in [3.8, 4) is 22.9 Å². The maximum absolute atomic E-state index is 12.7. The van der Waals surface area contributed by atoms with Crippen molar-refractivity contribution in [3.63, 3.8) is 0 Å². The molecule has 8 heteroatoms. The van der Waals surface area contributed by atoms with Gasteiger partial charge in [-0.15, -0.1) is 19.4 Å². The van der Waals surface area contributed by atoms with Gasteiger partial charge in [-0.2, -0.15) is 0 Å². The van der Waals surface area contributed by atoms with E-state index < -0.39 is 11.6 Å². The van der Waals surface area contributed by atoms with Crippen molar-refractivity contribution in [3.05, 3.63) is 64.5 Å². The van der Waals surface area contributed by atoms with Crippen molar-refractivity contribution in [2.45, 2.75) is 6.92 Å². The number of carbonyl (C=O) groups excluding carboxylic acids is 1. The Bertz CT molecular complexity index is 1230. The largest absolute Gasteiger partial charge is 0.462 e. The molecule has 1 unspecified atom stereocenters. The van der Waals surface area contributed by atoms with Gasteiger partial charge in [0.25, 0.3) is 5.89 Å².